The van der Waals surface area contributed by atoms with E-state index in [4.69, 9.17) is 12.2 Å². The van der Waals surface area contributed by atoms with Gasteiger partial charge in [0.2, 0.25) is 0 Å². The van der Waals surface area contributed by atoms with E-state index in [0.717, 1.165) is 16.2 Å². The van der Waals surface area contributed by atoms with Gasteiger partial charge in [0.15, 0.2) is 0 Å². The number of rotatable bonds is 2. The van der Waals surface area contributed by atoms with Crippen LogP contribution in [0, 0.1) is 0 Å². The summed E-state index contributed by atoms with van der Waals surface area (Å²) in [7, 11) is 0. The van der Waals surface area contributed by atoms with Gasteiger partial charge in [0, 0.05) is 11.3 Å². The van der Waals surface area contributed by atoms with Gasteiger partial charge in [-0.1, -0.05) is 60.8 Å². The van der Waals surface area contributed by atoms with Gasteiger partial charge in [-0.15, -0.1) is 0 Å². The summed E-state index contributed by atoms with van der Waals surface area (Å²) in [6, 6.07) is 18.3. The number of para-hydroxylation sites is 1. The Hall–Kier alpha value is -2.13. The fraction of sp³-hybridized carbons (Fsp3) is 0.0625. The fourth-order valence-corrected chi connectivity index (χ4v) is 2.40. The van der Waals surface area contributed by atoms with E-state index in [2.05, 4.69) is 34.9 Å². The molecule has 1 aliphatic heterocycles. The van der Waals surface area contributed by atoms with E-state index in [9.17, 15) is 0 Å². The van der Waals surface area contributed by atoms with Crippen molar-refractivity contribution in [2.75, 3.05) is 5.32 Å². The van der Waals surface area contributed by atoms with Crippen LogP contribution in [0.4, 0.5) is 5.69 Å². The van der Waals surface area contributed by atoms with E-state index in [1.165, 1.54) is 5.56 Å². The molecule has 2 aromatic carbocycles. The molecule has 94 valence electrons. The minimum absolute atomic E-state index is 0.0302. The summed E-state index contributed by atoms with van der Waals surface area (Å²) in [5.41, 5.74) is 3.31. The molecule has 0 radical (unpaired) electrons. The Labute approximate surface area is 118 Å². The highest BCUT2D eigenvalue weighted by atomic mass is 32.1. The Morgan fingerprint density at radius 3 is 2.47 bits per heavy atom. The first kappa shape index (κ1) is 11.9. The van der Waals surface area contributed by atoms with Crippen LogP contribution in [0.15, 0.2) is 60.7 Å². The molecule has 0 fully saturated rings. The quantitative estimate of drug-likeness (QED) is 0.815. The topological polar surface area (TPSA) is 24.1 Å². The normalized spacial score (nSPS) is 17.7. The second kappa shape index (κ2) is 5.24. The van der Waals surface area contributed by atoms with Gasteiger partial charge < -0.3 is 10.6 Å². The van der Waals surface area contributed by atoms with Crippen molar-refractivity contribution >= 4 is 29.0 Å². The molecule has 19 heavy (non-hydrogen) atoms. The van der Waals surface area contributed by atoms with Gasteiger partial charge >= 0.3 is 0 Å². The monoisotopic (exact) mass is 266 g/mol. The number of fused-ring (bicyclic) bond motifs is 1. The molecule has 1 unspecified atom stereocenters. The number of nitrogens with one attached hydrogen (secondary N) is 2. The van der Waals surface area contributed by atoms with Crippen LogP contribution < -0.4 is 10.6 Å². The van der Waals surface area contributed by atoms with Crippen LogP contribution >= 0.6 is 12.2 Å². The molecule has 1 heterocycles. The lowest BCUT2D eigenvalue weighted by Gasteiger charge is -2.27. The molecule has 0 aliphatic carbocycles. The number of thiocarbonyl (C=S) groups is 1. The first-order chi connectivity index (χ1) is 9.33. The lowest BCUT2D eigenvalue weighted by Crippen LogP contribution is -2.43. The second-order valence-corrected chi connectivity index (χ2v) is 4.82. The fourth-order valence-electron chi connectivity index (χ4n) is 2.10. The molecular formula is C16H14N2S. The van der Waals surface area contributed by atoms with E-state index in [1.807, 2.05) is 42.5 Å². The predicted molar refractivity (Wildman–Crippen MR) is 84.2 cm³/mol. The lowest BCUT2D eigenvalue weighted by atomic mass is 10.1. The average molecular weight is 266 g/mol. The summed E-state index contributed by atoms with van der Waals surface area (Å²) in [4.78, 5) is 0.789. The second-order valence-electron chi connectivity index (χ2n) is 4.41. The molecule has 0 saturated carbocycles. The molecule has 3 heteroatoms. The highest BCUT2D eigenvalue weighted by Gasteiger charge is 2.17. The van der Waals surface area contributed by atoms with Gasteiger partial charge in [-0.2, -0.15) is 0 Å². The molecule has 0 saturated heterocycles. The maximum Gasteiger partial charge on any atom is 0.117 e. The minimum Gasteiger partial charge on any atom is -0.362 e. The number of benzene rings is 2. The third-order valence-electron chi connectivity index (χ3n) is 3.05. The largest absolute Gasteiger partial charge is 0.362 e. The molecule has 2 aromatic rings. The van der Waals surface area contributed by atoms with E-state index in [1.54, 1.807) is 0 Å². The van der Waals surface area contributed by atoms with E-state index in [-0.39, 0.29) is 6.17 Å². The third kappa shape index (κ3) is 2.66. The van der Waals surface area contributed by atoms with Crippen molar-refractivity contribution in [1.82, 2.24) is 5.32 Å². The maximum absolute atomic E-state index is 5.38. The molecule has 0 spiro atoms. The molecule has 0 aromatic heterocycles. The van der Waals surface area contributed by atoms with Crippen LogP contribution in [-0.2, 0) is 0 Å². The first-order valence-corrected chi connectivity index (χ1v) is 6.63. The molecule has 0 bridgehead atoms. The van der Waals surface area contributed by atoms with E-state index < -0.39 is 0 Å². The lowest BCUT2D eigenvalue weighted by molar-refractivity contribution is 0.819. The highest BCUT2D eigenvalue weighted by Crippen LogP contribution is 2.20. The molecule has 2 nitrogen and oxygen atoms in total. The smallest absolute Gasteiger partial charge is 0.117 e. The molecular weight excluding hydrogens is 252 g/mol. The Morgan fingerprint density at radius 2 is 1.63 bits per heavy atom. The summed E-state index contributed by atoms with van der Waals surface area (Å²) in [6.45, 7) is 0. The third-order valence-corrected chi connectivity index (χ3v) is 3.39. The van der Waals surface area contributed by atoms with Gasteiger partial charge in [-0.25, -0.2) is 0 Å². The highest BCUT2D eigenvalue weighted by molar-refractivity contribution is 7.80. The predicted octanol–water partition coefficient (Wildman–Crippen LogP) is 3.42. The van der Waals surface area contributed by atoms with E-state index >= 15 is 0 Å². The van der Waals surface area contributed by atoms with Crippen molar-refractivity contribution in [2.45, 2.75) is 6.17 Å². The molecule has 0 amide bonds. The van der Waals surface area contributed by atoms with Crippen LogP contribution in [0.2, 0.25) is 0 Å². The van der Waals surface area contributed by atoms with Crippen molar-refractivity contribution < 1.29 is 0 Å². The van der Waals surface area contributed by atoms with Crippen molar-refractivity contribution in [3.8, 4) is 0 Å². The van der Waals surface area contributed by atoms with Crippen molar-refractivity contribution in [3.63, 3.8) is 0 Å². The van der Waals surface area contributed by atoms with Gasteiger partial charge in [-0.3, -0.25) is 0 Å². The van der Waals surface area contributed by atoms with Crippen molar-refractivity contribution in [1.29, 1.82) is 0 Å². The first-order valence-electron chi connectivity index (χ1n) is 6.22. The number of hydrogen-bond donors (Lipinski definition) is 2. The number of anilines is 1. The zero-order chi connectivity index (χ0) is 13.1. The summed E-state index contributed by atoms with van der Waals surface area (Å²) >= 11 is 5.38. The standard InChI is InChI=1S/C16H14N2S/c19-16-13-8-4-5-9-14(13)17-15(18-16)11-10-12-6-2-1-3-7-12/h1-11,15,17H,(H,18,19). The Morgan fingerprint density at radius 1 is 0.895 bits per heavy atom. The maximum atomic E-state index is 5.38. The van der Waals surface area contributed by atoms with Gasteiger partial charge in [-0.05, 0) is 23.8 Å². The van der Waals surface area contributed by atoms with Crippen LogP contribution in [0.3, 0.4) is 0 Å². The molecule has 1 aliphatic rings. The summed E-state index contributed by atoms with van der Waals surface area (Å²) in [5, 5.41) is 6.69. The molecule has 1 atom stereocenters. The van der Waals surface area contributed by atoms with Crippen LogP contribution in [0.1, 0.15) is 11.1 Å². The molecule has 2 N–H and O–H groups in total. The van der Waals surface area contributed by atoms with E-state index in [0.29, 0.717) is 0 Å². The van der Waals surface area contributed by atoms with Crippen molar-refractivity contribution in [3.05, 3.63) is 71.8 Å². The average Bonchev–Trinajstić information content (AvgIpc) is 2.46. The van der Waals surface area contributed by atoms with Gasteiger partial charge in [0.1, 0.15) is 11.2 Å². The Balaban J connectivity index is 1.79. The SMILES string of the molecule is S=C1NC(C=Cc2ccccc2)Nc2ccccc21. The summed E-state index contributed by atoms with van der Waals surface area (Å²) in [6.07, 6.45) is 4.20. The molecule has 3 rings (SSSR count). The van der Waals surface area contributed by atoms with Crippen LogP contribution in [0.5, 0.6) is 0 Å². The van der Waals surface area contributed by atoms with Crippen LogP contribution in [0.25, 0.3) is 6.08 Å². The van der Waals surface area contributed by atoms with Gasteiger partial charge in [0.05, 0.1) is 0 Å². The Kier molecular flexibility index (Phi) is 3.29. The number of hydrogen-bond acceptors (Lipinski definition) is 2. The minimum atomic E-state index is 0.0302. The van der Waals surface area contributed by atoms with Gasteiger partial charge in [0.25, 0.3) is 0 Å². The summed E-state index contributed by atoms with van der Waals surface area (Å²) in [5.74, 6) is 0. The van der Waals surface area contributed by atoms with Crippen molar-refractivity contribution in [2.24, 2.45) is 0 Å². The summed E-state index contributed by atoms with van der Waals surface area (Å²) < 4.78 is 0. The Bertz CT molecular complexity index is 620. The zero-order valence-electron chi connectivity index (χ0n) is 10.3. The zero-order valence-corrected chi connectivity index (χ0v) is 11.2. The van der Waals surface area contributed by atoms with Crippen LogP contribution in [-0.4, -0.2) is 11.2 Å².